The Morgan fingerprint density at radius 1 is 1.45 bits per heavy atom. The van der Waals surface area contributed by atoms with Crippen molar-refractivity contribution in [1.29, 1.82) is 0 Å². The van der Waals surface area contributed by atoms with Gasteiger partial charge in [-0.15, -0.1) is 0 Å². The van der Waals surface area contributed by atoms with Crippen LogP contribution in [0.4, 0.5) is 0 Å². The fraction of sp³-hybridized carbons (Fsp3) is 0.167. The number of rotatable bonds is 2. The molecule has 2 N–H and O–H groups in total. The summed E-state index contributed by atoms with van der Waals surface area (Å²) in [6.07, 6.45) is 2.90. The number of hydrogen-bond acceptors (Lipinski definition) is 3. The first-order valence-electron chi connectivity index (χ1n) is 2.89. The Kier molecular flexibility index (Phi) is 2.70. The molecule has 1 aromatic heterocycles. The lowest BCUT2D eigenvalue weighted by Crippen LogP contribution is -2.03. The van der Waals surface area contributed by atoms with Crippen LogP contribution < -0.4 is 0 Å². The van der Waals surface area contributed by atoms with Gasteiger partial charge in [-0.25, -0.2) is 4.21 Å². The minimum Gasteiger partial charge on any atom is -0.373 e. The molecule has 0 aliphatic heterocycles. The van der Waals surface area contributed by atoms with Gasteiger partial charge in [0.2, 0.25) is 0 Å². The third-order valence-electron chi connectivity index (χ3n) is 1.18. The number of nitrogens with zero attached hydrogens (tertiary/aromatic N) is 1. The van der Waals surface area contributed by atoms with Crippen molar-refractivity contribution in [2.75, 3.05) is 0 Å². The van der Waals surface area contributed by atoms with E-state index < -0.39 is 16.5 Å². The number of pyridine rings is 1. The van der Waals surface area contributed by atoms with Gasteiger partial charge in [0.15, 0.2) is 16.5 Å². The molecule has 0 spiro atoms. The molecule has 0 aliphatic carbocycles. The van der Waals surface area contributed by atoms with Crippen molar-refractivity contribution >= 4 is 11.1 Å². The van der Waals surface area contributed by atoms with Gasteiger partial charge >= 0.3 is 0 Å². The van der Waals surface area contributed by atoms with E-state index in [1.165, 1.54) is 24.5 Å². The highest BCUT2D eigenvalue weighted by molar-refractivity contribution is 7.79. The van der Waals surface area contributed by atoms with E-state index >= 15 is 0 Å². The fourth-order valence-electron chi connectivity index (χ4n) is 0.644. The zero-order valence-electron chi connectivity index (χ0n) is 5.54. The number of aliphatic hydroxyl groups is 1. The maximum absolute atomic E-state index is 10.3. The second-order valence-electron chi connectivity index (χ2n) is 1.91. The molecule has 5 heteroatoms. The molecule has 0 aliphatic rings. The predicted octanol–water partition coefficient (Wildman–Crippen LogP) is 0.294. The summed E-state index contributed by atoms with van der Waals surface area (Å²) in [5, 5.41) is 9.02. The predicted molar refractivity (Wildman–Crippen MR) is 40.0 cm³/mol. The summed E-state index contributed by atoms with van der Waals surface area (Å²) in [6, 6.07) is 2.97. The van der Waals surface area contributed by atoms with Gasteiger partial charge in [0.05, 0.1) is 0 Å². The molecule has 0 amide bonds. The number of aromatic nitrogens is 1. The van der Waals surface area contributed by atoms with E-state index in [0.717, 1.165) is 0 Å². The van der Waals surface area contributed by atoms with Gasteiger partial charge in [-0.2, -0.15) is 0 Å². The van der Waals surface area contributed by atoms with E-state index in [1.807, 2.05) is 0 Å². The minimum absolute atomic E-state index is 0.390. The zero-order chi connectivity index (χ0) is 8.27. The van der Waals surface area contributed by atoms with Crippen molar-refractivity contribution in [2.45, 2.75) is 5.44 Å². The Hall–Kier alpha value is -0.780. The van der Waals surface area contributed by atoms with Gasteiger partial charge in [0.25, 0.3) is 0 Å². The van der Waals surface area contributed by atoms with Crippen molar-refractivity contribution in [2.24, 2.45) is 0 Å². The Morgan fingerprint density at radius 3 is 2.45 bits per heavy atom. The highest BCUT2D eigenvalue weighted by Gasteiger charge is 2.11. The molecule has 1 rings (SSSR count). The van der Waals surface area contributed by atoms with Gasteiger partial charge in [0, 0.05) is 12.4 Å². The van der Waals surface area contributed by atoms with Crippen LogP contribution in [0.5, 0.6) is 0 Å². The molecule has 2 unspecified atom stereocenters. The summed E-state index contributed by atoms with van der Waals surface area (Å²) < 4.78 is 18.8. The molecule has 0 radical (unpaired) electrons. The molecule has 11 heavy (non-hydrogen) atoms. The van der Waals surface area contributed by atoms with E-state index in [2.05, 4.69) is 4.98 Å². The van der Waals surface area contributed by atoms with Gasteiger partial charge in [-0.05, 0) is 17.7 Å². The van der Waals surface area contributed by atoms with Crippen molar-refractivity contribution in [3.63, 3.8) is 0 Å². The van der Waals surface area contributed by atoms with Crippen LogP contribution in [0.15, 0.2) is 24.5 Å². The lowest BCUT2D eigenvalue weighted by Gasteiger charge is -2.03. The van der Waals surface area contributed by atoms with Gasteiger partial charge in [-0.3, -0.25) is 4.98 Å². The van der Waals surface area contributed by atoms with Crippen LogP contribution in [-0.2, 0) is 11.1 Å². The second-order valence-corrected chi connectivity index (χ2v) is 2.91. The molecule has 2 atom stereocenters. The molecule has 0 saturated carbocycles. The van der Waals surface area contributed by atoms with E-state index in [-0.39, 0.29) is 0 Å². The topological polar surface area (TPSA) is 70.4 Å². The molecular weight excluding hydrogens is 166 g/mol. The average molecular weight is 173 g/mol. The summed E-state index contributed by atoms with van der Waals surface area (Å²) in [4.78, 5) is 3.70. The Labute approximate surface area is 66.2 Å². The monoisotopic (exact) mass is 173 g/mol. The van der Waals surface area contributed by atoms with Crippen LogP contribution in [0.3, 0.4) is 0 Å². The lowest BCUT2D eigenvalue weighted by atomic mass is 10.3. The van der Waals surface area contributed by atoms with Gasteiger partial charge < -0.3 is 9.66 Å². The highest BCUT2D eigenvalue weighted by atomic mass is 32.2. The molecule has 60 valence electrons. The van der Waals surface area contributed by atoms with E-state index in [9.17, 15) is 4.21 Å². The first-order valence-corrected chi connectivity index (χ1v) is 4.06. The van der Waals surface area contributed by atoms with E-state index in [1.54, 1.807) is 0 Å². The molecule has 0 fully saturated rings. The lowest BCUT2D eigenvalue weighted by molar-refractivity contribution is 0.251. The molecule has 0 bridgehead atoms. The Balaban J connectivity index is 2.85. The third-order valence-corrected chi connectivity index (χ3v) is 1.84. The largest absolute Gasteiger partial charge is 0.373 e. The molecular formula is C6H7NO3S. The third kappa shape index (κ3) is 2.07. The van der Waals surface area contributed by atoms with Gasteiger partial charge in [0.1, 0.15) is 0 Å². The summed E-state index contributed by atoms with van der Waals surface area (Å²) in [7, 11) is 0. The van der Waals surface area contributed by atoms with E-state index in [0.29, 0.717) is 5.56 Å². The summed E-state index contributed by atoms with van der Waals surface area (Å²) in [5.41, 5.74) is -0.946. The standard InChI is InChI=1S/C6H7NO3S/c8-6(11(9)10)5-1-3-7-4-2-5/h1-4,6,8H,(H,9,10). The van der Waals surface area contributed by atoms with Crippen molar-refractivity contribution in [3.05, 3.63) is 30.1 Å². The van der Waals surface area contributed by atoms with Crippen LogP contribution in [0.1, 0.15) is 11.0 Å². The molecule has 1 aromatic rings. The summed E-state index contributed by atoms with van der Waals surface area (Å²) in [6.45, 7) is 0. The number of hydrogen-bond donors (Lipinski definition) is 2. The quantitative estimate of drug-likeness (QED) is 0.631. The van der Waals surface area contributed by atoms with E-state index in [4.69, 9.17) is 9.66 Å². The van der Waals surface area contributed by atoms with Crippen LogP contribution in [0, 0.1) is 0 Å². The molecule has 4 nitrogen and oxygen atoms in total. The summed E-state index contributed by atoms with van der Waals surface area (Å²) in [5.74, 6) is 0. The van der Waals surface area contributed by atoms with Crippen molar-refractivity contribution < 1.29 is 13.9 Å². The van der Waals surface area contributed by atoms with Crippen LogP contribution in [-0.4, -0.2) is 18.9 Å². The van der Waals surface area contributed by atoms with Crippen molar-refractivity contribution in [3.8, 4) is 0 Å². The number of aliphatic hydroxyl groups excluding tert-OH is 1. The second kappa shape index (κ2) is 3.56. The first kappa shape index (κ1) is 8.32. The normalized spacial score (nSPS) is 15.8. The van der Waals surface area contributed by atoms with Crippen LogP contribution >= 0.6 is 0 Å². The Bertz CT molecular complexity index is 251. The first-order chi connectivity index (χ1) is 5.22. The summed E-state index contributed by atoms with van der Waals surface area (Å²) >= 11 is -2.23. The fourth-order valence-corrected chi connectivity index (χ4v) is 1.03. The molecule has 0 aromatic carbocycles. The SMILES string of the molecule is O=S(O)C(O)c1ccncc1. The minimum atomic E-state index is -2.23. The van der Waals surface area contributed by atoms with Crippen LogP contribution in [0.2, 0.25) is 0 Å². The molecule has 1 heterocycles. The van der Waals surface area contributed by atoms with Crippen LogP contribution in [0.25, 0.3) is 0 Å². The van der Waals surface area contributed by atoms with Gasteiger partial charge in [-0.1, -0.05) is 0 Å². The van der Waals surface area contributed by atoms with Crippen molar-refractivity contribution in [1.82, 2.24) is 4.98 Å². The Morgan fingerprint density at radius 2 is 2.00 bits per heavy atom. The smallest absolute Gasteiger partial charge is 0.187 e. The zero-order valence-corrected chi connectivity index (χ0v) is 6.36. The molecule has 0 saturated heterocycles. The maximum Gasteiger partial charge on any atom is 0.187 e. The average Bonchev–Trinajstić information content (AvgIpc) is 2.05. The highest BCUT2D eigenvalue weighted by Crippen LogP contribution is 2.12. The maximum atomic E-state index is 10.3.